The molecule has 1 aliphatic rings. The highest BCUT2D eigenvalue weighted by atomic mass is 79.9. The number of benzene rings is 2. The Labute approximate surface area is 230 Å². The van der Waals surface area contributed by atoms with Gasteiger partial charge in [-0.3, -0.25) is 9.36 Å². The van der Waals surface area contributed by atoms with Crippen LogP contribution in [0, 0.1) is 0 Å². The van der Waals surface area contributed by atoms with E-state index in [2.05, 4.69) is 20.9 Å². The molecule has 0 saturated heterocycles. The second-order valence-corrected chi connectivity index (χ2v) is 11.1. The van der Waals surface area contributed by atoms with Crippen LogP contribution in [0.15, 0.2) is 95.5 Å². The highest BCUT2D eigenvalue weighted by molar-refractivity contribution is 9.10. The van der Waals surface area contributed by atoms with E-state index in [4.69, 9.17) is 9.15 Å². The molecule has 37 heavy (non-hydrogen) atoms. The van der Waals surface area contributed by atoms with E-state index in [0.29, 0.717) is 32.1 Å². The minimum absolute atomic E-state index is 0.233. The third-order valence-electron chi connectivity index (χ3n) is 5.96. The van der Waals surface area contributed by atoms with Crippen LogP contribution in [0.5, 0.6) is 0 Å². The summed E-state index contributed by atoms with van der Waals surface area (Å²) in [5, 5.41) is 0. The first kappa shape index (κ1) is 25.5. The fraction of sp³-hybridized carbons (Fsp3) is 0.179. The molecule has 0 fully saturated rings. The van der Waals surface area contributed by atoms with Crippen molar-refractivity contribution in [2.75, 3.05) is 12.9 Å². The molecule has 5 rings (SSSR count). The van der Waals surface area contributed by atoms with Crippen LogP contribution in [0.1, 0.15) is 31.2 Å². The molecule has 0 amide bonds. The zero-order valence-electron chi connectivity index (χ0n) is 20.4. The third-order valence-corrected chi connectivity index (χ3v) is 8.18. The van der Waals surface area contributed by atoms with Gasteiger partial charge in [0.1, 0.15) is 11.5 Å². The maximum absolute atomic E-state index is 13.7. The first-order chi connectivity index (χ1) is 17.9. The Morgan fingerprint density at radius 1 is 1.22 bits per heavy atom. The van der Waals surface area contributed by atoms with Crippen molar-refractivity contribution in [3.8, 4) is 11.3 Å². The van der Waals surface area contributed by atoms with Crippen molar-refractivity contribution in [1.82, 2.24) is 4.57 Å². The molecule has 188 valence electrons. The van der Waals surface area contributed by atoms with E-state index in [9.17, 15) is 9.59 Å². The van der Waals surface area contributed by atoms with E-state index in [0.717, 1.165) is 20.5 Å². The number of allylic oxidation sites excluding steroid dienone is 1. The number of hydrogen-bond donors (Lipinski definition) is 0. The molecule has 2 aromatic heterocycles. The maximum Gasteiger partial charge on any atom is 0.338 e. The second-order valence-electron chi connectivity index (χ2n) is 8.29. The van der Waals surface area contributed by atoms with Gasteiger partial charge in [0.25, 0.3) is 5.56 Å². The van der Waals surface area contributed by atoms with Gasteiger partial charge in [-0.25, -0.2) is 9.79 Å². The Kier molecular flexibility index (Phi) is 7.37. The number of nitrogens with zero attached hydrogens (tertiary/aromatic N) is 2. The van der Waals surface area contributed by atoms with Crippen LogP contribution in [-0.4, -0.2) is 23.4 Å². The van der Waals surface area contributed by atoms with Gasteiger partial charge in [-0.2, -0.15) is 0 Å². The number of carbonyl (C=O) groups is 1. The number of fused-ring (bicyclic) bond motifs is 1. The lowest BCUT2D eigenvalue weighted by atomic mass is 9.96. The molecular formula is C28H23BrN2O4S2. The monoisotopic (exact) mass is 594 g/mol. The lowest BCUT2D eigenvalue weighted by molar-refractivity contribution is -0.139. The number of esters is 1. The van der Waals surface area contributed by atoms with Crippen molar-refractivity contribution in [1.29, 1.82) is 0 Å². The van der Waals surface area contributed by atoms with Crippen molar-refractivity contribution < 1.29 is 13.9 Å². The summed E-state index contributed by atoms with van der Waals surface area (Å²) in [5.41, 5.74) is 2.42. The molecule has 1 atom stereocenters. The second kappa shape index (κ2) is 10.7. The van der Waals surface area contributed by atoms with Crippen molar-refractivity contribution in [3.05, 3.63) is 107 Å². The number of hydrogen-bond acceptors (Lipinski definition) is 7. The summed E-state index contributed by atoms with van der Waals surface area (Å²) in [6.07, 6.45) is 3.73. The summed E-state index contributed by atoms with van der Waals surface area (Å²) in [6.45, 7) is 3.78. The topological polar surface area (TPSA) is 73.8 Å². The molecule has 0 spiro atoms. The van der Waals surface area contributed by atoms with Crippen LogP contribution in [0.25, 0.3) is 17.4 Å². The van der Waals surface area contributed by atoms with Crippen LogP contribution in [-0.2, 0) is 9.53 Å². The highest BCUT2D eigenvalue weighted by Crippen LogP contribution is 2.32. The number of aromatic nitrogens is 1. The van der Waals surface area contributed by atoms with E-state index in [1.165, 1.54) is 11.3 Å². The number of thioether (sulfide) groups is 1. The molecule has 6 nitrogen and oxygen atoms in total. The van der Waals surface area contributed by atoms with E-state index < -0.39 is 12.0 Å². The lowest BCUT2D eigenvalue weighted by Crippen LogP contribution is -2.39. The molecular weight excluding hydrogens is 572 g/mol. The Bertz CT molecular complexity index is 1700. The number of thiazole rings is 1. The maximum atomic E-state index is 13.7. The minimum atomic E-state index is -0.637. The molecule has 0 aliphatic carbocycles. The predicted octanol–water partition coefficient (Wildman–Crippen LogP) is 5.54. The van der Waals surface area contributed by atoms with Gasteiger partial charge in [-0.1, -0.05) is 51.5 Å². The van der Waals surface area contributed by atoms with E-state index in [1.54, 1.807) is 36.3 Å². The molecule has 0 unspecified atom stereocenters. The first-order valence-corrected chi connectivity index (χ1v) is 14.4. The van der Waals surface area contributed by atoms with Gasteiger partial charge in [-0.05, 0) is 62.1 Å². The van der Waals surface area contributed by atoms with Crippen LogP contribution >= 0.6 is 39.0 Å². The molecule has 0 N–H and O–H groups in total. The number of carbonyl (C=O) groups excluding carboxylic acids is 1. The Morgan fingerprint density at radius 2 is 2.00 bits per heavy atom. The molecule has 0 radical (unpaired) electrons. The number of rotatable bonds is 6. The van der Waals surface area contributed by atoms with Gasteiger partial charge in [0.15, 0.2) is 4.80 Å². The summed E-state index contributed by atoms with van der Waals surface area (Å²) >= 11 is 6.38. The smallest absolute Gasteiger partial charge is 0.338 e. The zero-order chi connectivity index (χ0) is 26.1. The fourth-order valence-electron chi connectivity index (χ4n) is 4.25. The average molecular weight is 596 g/mol. The van der Waals surface area contributed by atoms with Gasteiger partial charge in [0.05, 0.1) is 28.5 Å². The quantitative estimate of drug-likeness (QED) is 0.216. The van der Waals surface area contributed by atoms with Gasteiger partial charge < -0.3 is 9.15 Å². The van der Waals surface area contributed by atoms with Crippen molar-refractivity contribution in [2.24, 2.45) is 4.99 Å². The Hall–Kier alpha value is -3.14. The van der Waals surface area contributed by atoms with Crippen LogP contribution in [0.4, 0.5) is 0 Å². The van der Waals surface area contributed by atoms with Gasteiger partial charge >= 0.3 is 5.97 Å². The number of furan rings is 1. The molecule has 3 heterocycles. The predicted molar refractivity (Wildman–Crippen MR) is 150 cm³/mol. The molecule has 1 aliphatic heterocycles. The fourth-order valence-corrected chi connectivity index (χ4v) is 6.08. The van der Waals surface area contributed by atoms with Crippen LogP contribution < -0.4 is 14.9 Å². The molecule has 2 aromatic carbocycles. The van der Waals surface area contributed by atoms with Gasteiger partial charge in [0, 0.05) is 21.0 Å². The summed E-state index contributed by atoms with van der Waals surface area (Å²) in [7, 11) is 0. The average Bonchev–Trinajstić information content (AvgIpc) is 3.48. The number of ether oxygens (including phenoxy) is 1. The van der Waals surface area contributed by atoms with Crippen LogP contribution in [0.2, 0.25) is 0 Å². The summed E-state index contributed by atoms with van der Waals surface area (Å²) < 4.78 is 14.4. The van der Waals surface area contributed by atoms with Crippen molar-refractivity contribution in [3.63, 3.8) is 0 Å². The lowest BCUT2D eigenvalue weighted by Gasteiger charge is -2.24. The van der Waals surface area contributed by atoms with E-state index in [-0.39, 0.29) is 12.2 Å². The SMILES string of the molecule is CCOC(=O)C1=C(C)N=c2s/c(=C\c3ccc(-c4cccc(Br)c4)o3)c(=O)n2[C@@H]1c1ccc(SC)cc1. The Morgan fingerprint density at radius 3 is 2.70 bits per heavy atom. The van der Waals surface area contributed by atoms with E-state index >= 15 is 0 Å². The summed E-state index contributed by atoms with van der Waals surface area (Å²) in [4.78, 5) is 33.0. The summed E-state index contributed by atoms with van der Waals surface area (Å²) in [6, 6.07) is 18.8. The third kappa shape index (κ3) is 5.03. The van der Waals surface area contributed by atoms with Crippen molar-refractivity contribution >= 4 is 51.1 Å². The molecule has 9 heteroatoms. The van der Waals surface area contributed by atoms with Gasteiger partial charge in [0.2, 0.25) is 0 Å². The molecule has 0 saturated carbocycles. The first-order valence-electron chi connectivity index (χ1n) is 11.6. The molecule has 0 bridgehead atoms. The zero-order valence-corrected chi connectivity index (χ0v) is 23.6. The largest absolute Gasteiger partial charge is 0.463 e. The van der Waals surface area contributed by atoms with Crippen LogP contribution in [0.3, 0.4) is 0 Å². The standard InChI is InChI=1S/C28H23BrN2O4S2/c1-4-34-27(33)24-16(2)30-28-31(25(24)17-8-11-21(36-3)12-9-17)26(32)23(37-28)15-20-10-13-22(35-20)18-6-5-7-19(29)14-18/h5-15,25H,4H2,1-3H3/b23-15-/t25-/m1/s1. The normalized spacial score (nSPS) is 15.5. The molecule has 4 aromatic rings. The van der Waals surface area contributed by atoms with E-state index in [1.807, 2.05) is 66.9 Å². The highest BCUT2D eigenvalue weighted by Gasteiger charge is 2.33. The summed E-state index contributed by atoms with van der Waals surface area (Å²) in [5.74, 6) is 0.789. The number of halogens is 1. The van der Waals surface area contributed by atoms with Crippen molar-refractivity contribution in [2.45, 2.75) is 24.8 Å². The van der Waals surface area contributed by atoms with Gasteiger partial charge in [-0.15, -0.1) is 11.8 Å². The minimum Gasteiger partial charge on any atom is -0.463 e. The Balaban J connectivity index is 1.63.